The average Bonchev–Trinajstić information content (AvgIpc) is 3.35. The van der Waals surface area contributed by atoms with Crippen LogP contribution >= 0.6 is 11.6 Å². The molecule has 180 valence electrons. The highest BCUT2D eigenvalue weighted by atomic mass is 35.5. The Hall–Kier alpha value is -3.57. The Labute approximate surface area is 209 Å². The lowest BCUT2D eigenvalue weighted by Gasteiger charge is -2.22. The second kappa shape index (κ2) is 10.8. The van der Waals surface area contributed by atoms with Crippen molar-refractivity contribution in [3.8, 4) is 11.8 Å². The van der Waals surface area contributed by atoms with Crippen molar-refractivity contribution in [1.29, 1.82) is 0 Å². The fraction of sp³-hybridized carbons (Fsp3) is 0.259. The van der Waals surface area contributed by atoms with Crippen LogP contribution in [0.2, 0.25) is 5.02 Å². The first-order valence-electron chi connectivity index (χ1n) is 11.6. The summed E-state index contributed by atoms with van der Waals surface area (Å²) in [5.74, 6) is 6.40. The van der Waals surface area contributed by atoms with Crippen molar-refractivity contribution in [2.75, 3.05) is 31.9 Å². The molecule has 4 rings (SSSR count). The molecule has 2 heterocycles. The van der Waals surface area contributed by atoms with E-state index in [2.05, 4.69) is 32.0 Å². The van der Waals surface area contributed by atoms with E-state index >= 15 is 0 Å². The third-order valence-electron chi connectivity index (χ3n) is 6.04. The number of rotatable bonds is 7. The molecule has 4 aromatic rings. The van der Waals surface area contributed by atoms with Crippen LogP contribution in [0.5, 0.6) is 0 Å². The molecule has 8 heteroatoms. The van der Waals surface area contributed by atoms with Gasteiger partial charge >= 0.3 is 0 Å². The first kappa shape index (κ1) is 24.6. The SMILES string of the molecule is CCN(CC)CC(O)CNC(=O)c1ccc(C#Cc2c(N)ncc3ccc(Cl)cc23)c2[nH]ccc12. The summed E-state index contributed by atoms with van der Waals surface area (Å²) in [6, 6.07) is 10.9. The number of aromatic amines is 1. The van der Waals surface area contributed by atoms with Crippen molar-refractivity contribution >= 4 is 45.0 Å². The lowest BCUT2D eigenvalue weighted by atomic mass is 10.0. The van der Waals surface area contributed by atoms with Gasteiger partial charge in [0.1, 0.15) is 5.82 Å². The summed E-state index contributed by atoms with van der Waals surface area (Å²) < 4.78 is 0. The van der Waals surface area contributed by atoms with Crippen LogP contribution in [-0.4, -0.2) is 58.2 Å². The average molecular weight is 490 g/mol. The Morgan fingerprint density at radius 2 is 2.00 bits per heavy atom. The number of nitrogen functional groups attached to an aromatic ring is 1. The molecule has 2 aromatic heterocycles. The molecule has 2 aromatic carbocycles. The van der Waals surface area contributed by atoms with Gasteiger partial charge in [-0.25, -0.2) is 4.98 Å². The number of aromatic nitrogens is 2. The smallest absolute Gasteiger partial charge is 0.252 e. The maximum Gasteiger partial charge on any atom is 0.252 e. The van der Waals surface area contributed by atoms with E-state index in [0.29, 0.717) is 28.5 Å². The number of aliphatic hydroxyl groups is 1. The van der Waals surface area contributed by atoms with Gasteiger partial charge in [0, 0.05) is 57.8 Å². The van der Waals surface area contributed by atoms with E-state index in [9.17, 15) is 9.90 Å². The minimum Gasteiger partial charge on any atom is -0.390 e. The topological polar surface area (TPSA) is 107 Å². The Morgan fingerprint density at radius 1 is 1.20 bits per heavy atom. The van der Waals surface area contributed by atoms with E-state index in [-0.39, 0.29) is 12.5 Å². The van der Waals surface area contributed by atoms with Crippen LogP contribution in [0, 0.1) is 11.8 Å². The van der Waals surface area contributed by atoms with Gasteiger partial charge in [-0.05, 0) is 43.4 Å². The molecule has 0 radical (unpaired) electrons. The minimum atomic E-state index is -0.640. The monoisotopic (exact) mass is 489 g/mol. The summed E-state index contributed by atoms with van der Waals surface area (Å²) >= 11 is 6.18. The van der Waals surface area contributed by atoms with Gasteiger partial charge in [-0.15, -0.1) is 0 Å². The van der Waals surface area contributed by atoms with E-state index in [4.69, 9.17) is 17.3 Å². The van der Waals surface area contributed by atoms with Gasteiger partial charge in [0.15, 0.2) is 0 Å². The number of hydrogen-bond donors (Lipinski definition) is 4. The molecule has 0 aliphatic heterocycles. The summed E-state index contributed by atoms with van der Waals surface area (Å²) in [6.45, 7) is 6.48. The number of fused-ring (bicyclic) bond motifs is 2. The Kier molecular flexibility index (Phi) is 7.57. The number of halogens is 1. The van der Waals surface area contributed by atoms with Crippen LogP contribution in [0.15, 0.2) is 48.8 Å². The van der Waals surface area contributed by atoms with Crippen LogP contribution in [0.25, 0.3) is 21.7 Å². The number of nitrogens with zero attached hydrogens (tertiary/aromatic N) is 2. The third-order valence-corrected chi connectivity index (χ3v) is 6.27. The molecule has 1 atom stereocenters. The van der Waals surface area contributed by atoms with E-state index in [1.165, 1.54) is 0 Å². The van der Waals surface area contributed by atoms with Gasteiger partial charge in [0.2, 0.25) is 0 Å². The van der Waals surface area contributed by atoms with E-state index < -0.39 is 6.10 Å². The number of pyridine rings is 1. The number of nitrogens with two attached hydrogens (primary N) is 1. The maximum absolute atomic E-state index is 12.9. The van der Waals surface area contributed by atoms with Crippen molar-refractivity contribution in [2.24, 2.45) is 0 Å². The number of benzene rings is 2. The Balaban J connectivity index is 1.59. The molecule has 0 spiro atoms. The van der Waals surface area contributed by atoms with Crippen molar-refractivity contribution in [2.45, 2.75) is 20.0 Å². The summed E-state index contributed by atoms with van der Waals surface area (Å²) in [4.78, 5) is 22.4. The molecular weight excluding hydrogens is 462 g/mol. The molecular formula is C27H28ClN5O2. The van der Waals surface area contributed by atoms with E-state index in [1.54, 1.807) is 30.6 Å². The van der Waals surface area contributed by atoms with Crippen LogP contribution < -0.4 is 11.1 Å². The standard InChI is InChI=1S/C27H28ClN5O2/c1-3-33(4-2)16-20(34)15-32-27(35)23-10-7-17(25-21(23)11-12-30-25)6-9-22-24-13-19(28)8-5-18(24)14-31-26(22)29/h5,7-8,10-14,20,30,34H,3-4,15-16H2,1-2H3,(H2,29,31)(H,32,35). The summed E-state index contributed by atoms with van der Waals surface area (Å²) in [7, 11) is 0. The van der Waals surface area contributed by atoms with E-state index in [1.807, 2.05) is 32.0 Å². The second-order valence-electron chi connectivity index (χ2n) is 8.28. The first-order chi connectivity index (χ1) is 16.9. The van der Waals surface area contributed by atoms with Gasteiger partial charge in [-0.1, -0.05) is 43.4 Å². The zero-order valence-corrected chi connectivity index (χ0v) is 20.5. The molecule has 0 saturated carbocycles. The van der Waals surface area contributed by atoms with Crippen molar-refractivity contribution in [3.63, 3.8) is 0 Å². The zero-order valence-electron chi connectivity index (χ0n) is 19.7. The third kappa shape index (κ3) is 5.41. The number of carbonyl (C=O) groups is 1. The normalized spacial score (nSPS) is 12.0. The molecule has 0 bridgehead atoms. The fourth-order valence-corrected chi connectivity index (χ4v) is 4.24. The summed E-state index contributed by atoms with van der Waals surface area (Å²) in [5, 5.41) is 16.2. The molecule has 0 saturated heterocycles. The number of likely N-dealkylation sites (N-methyl/N-ethyl adjacent to an activating group) is 1. The number of H-pyrrole nitrogens is 1. The van der Waals surface area contributed by atoms with Gasteiger partial charge < -0.3 is 26.0 Å². The number of anilines is 1. The number of carbonyl (C=O) groups excluding carboxylic acids is 1. The van der Waals surface area contributed by atoms with Gasteiger partial charge in [0.05, 0.1) is 17.2 Å². The number of amides is 1. The molecule has 0 aliphatic rings. The summed E-state index contributed by atoms with van der Waals surface area (Å²) in [6.07, 6.45) is 2.83. The fourth-order valence-electron chi connectivity index (χ4n) is 4.07. The van der Waals surface area contributed by atoms with Gasteiger partial charge in [-0.3, -0.25) is 4.79 Å². The first-order valence-corrected chi connectivity index (χ1v) is 11.9. The molecule has 0 aliphatic carbocycles. The lowest BCUT2D eigenvalue weighted by molar-refractivity contribution is 0.0871. The van der Waals surface area contributed by atoms with Crippen molar-refractivity contribution in [3.05, 3.63) is 70.5 Å². The molecule has 35 heavy (non-hydrogen) atoms. The molecule has 0 fully saturated rings. The predicted octanol–water partition coefficient (Wildman–Crippen LogP) is 3.78. The van der Waals surface area contributed by atoms with Crippen LogP contribution in [0.3, 0.4) is 0 Å². The molecule has 7 nitrogen and oxygen atoms in total. The lowest BCUT2D eigenvalue weighted by Crippen LogP contribution is -2.40. The largest absolute Gasteiger partial charge is 0.390 e. The van der Waals surface area contributed by atoms with Crippen LogP contribution in [0.4, 0.5) is 5.82 Å². The quantitative estimate of drug-likeness (QED) is 0.295. The molecule has 1 unspecified atom stereocenters. The highest BCUT2D eigenvalue weighted by Gasteiger charge is 2.15. The van der Waals surface area contributed by atoms with Crippen molar-refractivity contribution < 1.29 is 9.90 Å². The van der Waals surface area contributed by atoms with Gasteiger partial charge in [-0.2, -0.15) is 0 Å². The minimum absolute atomic E-state index is 0.179. The van der Waals surface area contributed by atoms with Gasteiger partial charge in [0.25, 0.3) is 5.91 Å². The zero-order chi connectivity index (χ0) is 24.9. The number of aliphatic hydroxyl groups excluding tert-OH is 1. The maximum atomic E-state index is 12.9. The predicted molar refractivity (Wildman–Crippen MR) is 142 cm³/mol. The van der Waals surface area contributed by atoms with Crippen LogP contribution in [-0.2, 0) is 0 Å². The van der Waals surface area contributed by atoms with Crippen LogP contribution in [0.1, 0.15) is 35.3 Å². The Morgan fingerprint density at radius 3 is 2.77 bits per heavy atom. The number of nitrogens with one attached hydrogen (secondary N) is 2. The van der Waals surface area contributed by atoms with E-state index in [0.717, 1.165) is 40.3 Å². The molecule has 5 N–H and O–H groups in total. The highest BCUT2D eigenvalue weighted by molar-refractivity contribution is 6.31. The van der Waals surface area contributed by atoms with Crippen molar-refractivity contribution in [1.82, 2.24) is 20.2 Å². The highest BCUT2D eigenvalue weighted by Crippen LogP contribution is 2.26. The Bertz CT molecular complexity index is 1430. The summed E-state index contributed by atoms with van der Waals surface area (Å²) in [5.41, 5.74) is 8.71. The second-order valence-corrected chi connectivity index (χ2v) is 8.71. The number of hydrogen-bond acceptors (Lipinski definition) is 5. The molecule has 1 amide bonds.